The summed E-state index contributed by atoms with van der Waals surface area (Å²) in [6.07, 6.45) is 65.8. The van der Waals surface area contributed by atoms with Crippen molar-refractivity contribution in [3.05, 3.63) is 36.5 Å². The molecule has 0 radical (unpaired) electrons. The first-order chi connectivity index (χ1) is 32.5. The second-order valence-electron chi connectivity index (χ2n) is 19.6. The van der Waals surface area contributed by atoms with Gasteiger partial charge in [0, 0.05) is 19.3 Å². The maximum atomic E-state index is 12.8. The number of allylic oxidation sites excluding steroid dienone is 6. The maximum Gasteiger partial charge on any atom is 0.306 e. The van der Waals surface area contributed by atoms with Gasteiger partial charge in [-0.15, -0.1) is 0 Å². The lowest BCUT2D eigenvalue weighted by Gasteiger charge is -2.18. The van der Waals surface area contributed by atoms with Gasteiger partial charge in [-0.05, 0) is 77.0 Å². The van der Waals surface area contributed by atoms with Crippen LogP contribution in [0, 0.1) is 0 Å². The molecule has 0 rings (SSSR count). The zero-order valence-electron chi connectivity index (χ0n) is 44.2. The minimum Gasteiger partial charge on any atom is -0.462 e. The molecule has 0 amide bonds. The molecule has 66 heavy (non-hydrogen) atoms. The molecule has 0 heterocycles. The van der Waals surface area contributed by atoms with E-state index in [1.165, 1.54) is 205 Å². The first-order valence-corrected chi connectivity index (χ1v) is 29.0. The molecule has 0 aromatic heterocycles. The van der Waals surface area contributed by atoms with Gasteiger partial charge in [-0.1, -0.05) is 250 Å². The standard InChI is InChI=1S/C60H110O6/c1-4-7-10-13-16-19-21-23-25-27-29-30-32-33-35-37-39-41-44-47-50-53-59(62)65-56-57(55-64-58(61)52-49-46-43-18-15-12-9-6-3)66-60(63)54-51-48-45-42-40-38-36-34-31-28-26-24-22-20-17-14-11-8-5-2/h17,20,24,26-27,29,57H,4-16,18-19,21-23,25,28,30-56H2,1-3H3/b20-17-,26-24-,29-27-. The summed E-state index contributed by atoms with van der Waals surface area (Å²) >= 11 is 0. The molecule has 0 bridgehead atoms. The number of hydrogen-bond acceptors (Lipinski definition) is 6. The molecule has 0 saturated heterocycles. The fourth-order valence-corrected chi connectivity index (χ4v) is 8.47. The normalized spacial score (nSPS) is 12.2. The number of ether oxygens (including phenoxy) is 3. The van der Waals surface area contributed by atoms with Crippen LogP contribution >= 0.6 is 0 Å². The Morgan fingerprint density at radius 2 is 0.545 bits per heavy atom. The van der Waals surface area contributed by atoms with E-state index in [9.17, 15) is 14.4 Å². The number of carbonyl (C=O) groups is 3. The van der Waals surface area contributed by atoms with Gasteiger partial charge >= 0.3 is 17.9 Å². The predicted molar refractivity (Wildman–Crippen MR) is 284 cm³/mol. The van der Waals surface area contributed by atoms with Gasteiger partial charge in [0.25, 0.3) is 0 Å². The third-order valence-electron chi connectivity index (χ3n) is 12.9. The minimum absolute atomic E-state index is 0.0717. The van der Waals surface area contributed by atoms with E-state index in [0.29, 0.717) is 19.3 Å². The van der Waals surface area contributed by atoms with Crippen LogP contribution in [0.25, 0.3) is 0 Å². The summed E-state index contributed by atoms with van der Waals surface area (Å²) in [5.41, 5.74) is 0. The van der Waals surface area contributed by atoms with Gasteiger partial charge < -0.3 is 14.2 Å². The van der Waals surface area contributed by atoms with Gasteiger partial charge in [0.1, 0.15) is 13.2 Å². The van der Waals surface area contributed by atoms with Gasteiger partial charge in [0.15, 0.2) is 6.10 Å². The number of carbonyl (C=O) groups excluding carboxylic acids is 3. The van der Waals surface area contributed by atoms with Crippen LogP contribution in [0.15, 0.2) is 36.5 Å². The lowest BCUT2D eigenvalue weighted by molar-refractivity contribution is -0.167. The van der Waals surface area contributed by atoms with Crippen LogP contribution in [-0.2, 0) is 28.6 Å². The summed E-state index contributed by atoms with van der Waals surface area (Å²) < 4.78 is 16.8. The minimum atomic E-state index is -0.771. The van der Waals surface area contributed by atoms with Gasteiger partial charge in [-0.3, -0.25) is 14.4 Å². The monoisotopic (exact) mass is 927 g/mol. The summed E-state index contributed by atoms with van der Waals surface area (Å²) in [4.78, 5) is 38.0. The fraction of sp³-hybridized carbons (Fsp3) is 0.850. The van der Waals surface area contributed by atoms with Crippen LogP contribution in [0.3, 0.4) is 0 Å². The van der Waals surface area contributed by atoms with Crippen LogP contribution in [-0.4, -0.2) is 37.2 Å². The van der Waals surface area contributed by atoms with Crippen molar-refractivity contribution in [3.63, 3.8) is 0 Å². The highest BCUT2D eigenvalue weighted by molar-refractivity contribution is 5.71. The molecule has 0 saturated carbocycles. The molecular formula is C60H110O6. The van der Waals surface area contributed by atoms with Gasteiger partial charge in [0.2, 0.25) is 0 Å². The Bertz CT molecular complexity index is 1110. The summed E-state index contributed by atoms with van der Waals surface area (Å²) in [7, 11) is 0. The quantitative estimate of drug-likeness (QED) is 0.0262. The summed E-state index contributed by atoms with van der Waals surface area (Å²) in [5, 5.41) is 0. The molecule has 386 valence electrons. The van der Waals surface area contributed by atoms with Crippen molar-refractivity contribution >= 4 is 17.9 Å². The fourth-order valence-electron chi connectivity index (χ4n) is 8.47. The Morgan fingerprint density at radius 3 is 0.879 bits per heavy atom. The molecular weight excluding hydrogens is 817 g/mol. The van der Waals surface area contributed by atoms with Gasteiger partial charge in [0.05, 0.1) is 0 Å². The number of unbranched alkanes of at least 4 members (excludes halogenated alkanes) is 36. The Balaban J connectivity index is 4.21. The summed E-state index contributed by atoms with van der Waals surface area (Å²) in [6.45, 7) is 6.62. The molecule has 0 aliphatic heterocycles. The topological polar surface area (TPSA) is 78.9 Å². The van der Waals surface area contributed by atoms with E-state index in [-0.39, 0.29) is 31.1 Å². The maximum absolute atomic E-state index is 12.8. The first-order valence-electron chi connectivity index (χ1n) is 29.0. The van der Waals surface area contributed by atoms with E-state index >= 15 is 0 Å². The second kappa shape index (κ2) is 55.2. The van der Waals surface area contributed by atoms with Crippen molar-refractivity contribution in [1.29, 1.82) is 0 Å². The van der Waals surface area contributed by atoms with Crippen LogP contribution in [0.2, 0.25) is 0 Å². The summed E-state index contributed by atoms with van der Waals surface area (Å²) in [5.74, 6) is -0.867. The van der Waals surface area contributed by atoms with E-state index < -0.39 is 6.10 Å². The van der Waals surface area contributed by atoms with Crippen LogP contribution < -0.4 is 0 Å². The van der Waals surface area contributed by atoms with Crippen molar-refractivity contribution in [1.82, 2.24) is 0 Å². The average molecular weight is 928 g/mol. The van der Waals surface area contributed by atoms with Crippen LogP contribution in [0.1, 0.15) is 310 Å². The molecule has 0 spiro atoms. The lowest BCUT2D eigenvalue weighted by atomic mass is 10.1. The van der Waals surface area contributed by atoms with Crippen molar-refractivity contribution in [2.75, 3.05) is 13.2 Å². The van der Waals surface area contributed by atoms with E-state index in [4.69, 9.17) is 14.2 Å². The van der Waals surface area contributed by atoms with Crippen molar-refractivity contribution in [2.24, 2.45) is 0 Å². The lowest BCUT2D eigenvalue weighted by Crippen LogP contribution is -2.30. The SMILES string of the molecule is CCCCC/C=C\C/C=C\CCCCCCCCCCCC(=O)OC(COC(=O)CCCCCCCCCC)COC(=O)CCCCCCCCCCC/C=C\CCCCCCCCCC. The molecule has 0 aromatic rings. The third kappa shape index (κ3) is 52.6. The first kappa shape index (κ1) is 63.6. The largest absolute Gasteiger partial charge is 0.462 e. The Labute approximate surface area is 410 Å². The Kier molecular flexibility index (Phi) is 53.2. The number of hydrogen-bond donors (Lipinski definition) is 0. The van der Waals surface area contributed by atoms with Crippen molar-refractivity contribution in [2.45, 2.75) is 316 Å². The average Bonchev–Trinajstić information content (AvgIpc) is 3.31. The molecule has 0 aliphatic rings. The summed E-state index contributed by atoms with van der Waals surface area (Å²) in [6, 6.07) is 0. The predicted octanol–water partition coefficient (Wildman–Crippen LogP) is 19.3. The zero-order chi connectivity index (χ0) is 47.9. The van der Waals surface area contributed by atoms with E-state index in [2.05, 4.69) is 57.2 Å². The molecule has 0 aromatic carbocycles. The van der Waals surface area contributed by atoms with E-state index in [0.717, 1.165) is 64.2 Å². The molecule has 0 aliphatic carbocycles. The highest BCUT2D eigenvalue weighted by atomic mass is 16.6. The van der Waals surface area contributed by atoms with Gasteiger partial charge in [-0.2, -0.15) is 0 Å². The Hall–Kier alpha value is -2.37. The van der Waals surface area contributed by atoms with Crippen LogP contribution in [0.5, 0.6) is 0 Å². The van der Waals surface area contributed by atoms with Crippen LogP contribution in [0.4, 0.5) is 0 Å². The smallest absolute Gasteiger partial charge is 0.306 e. The van der Waals surface area contributed by atoms with Crippen molar-refractivity contribution in [3.8, 4) is 0 Å². The van der Waals surface area contributed by atoms with Gasteiger partial charge in [-0.25, -0.2) is 0 Å². The van der Waals surface area contributed by atoms with Crippen molar-refractivity contribution < 1.29 is 28.6 Å². The zero-order valence-corrected chi connectivity index (χ0v) is 44.2. The molecule has 6 heteroatoms. The molecule has 6 nitrogen and oxygen atoms in total. The molecule has 0 fully saturated rings. The number of rotatable bonds is 53. The molecule has 1 unspecified atom stereocenters. The van der Waals surface area contributed by atoms with E-state index in [1.807, 2.05) is 0 Å². The highest BCUT2D eigenvalue weighted by Gasteiger charge is 2.19. The third-order valence-corrected chi connectivity index (χ3v) is 12.9. The molecule has 1 atom stereocenters. The Morgan fingerprint density at radius 1 is 0.303 bits per heavy atom. The highest BCUT2D eigenvalue weighted by Crippen LogP contribution is 2.16. The van der Waals surface area contributed by atoms with E-state index in [1.54, 1.807) is 0 Å². The second-order valence-corrected chi connectivity index (χ2v) is 19.6. The molecule has 0 N–H and O–H groups in total. The number of esters is 3.